The van der Waals surface area contributed by atoms with Gasteiger partial charge < -0.3 is 11.1 Å². The Morgan fingerprint density at radius 3 is 2.73 bits per heavy atom. The number of terminal acetylenes is 1. The Kier molecular flexibility index (Phi) is 8.34. The van der Waals surface area contributed by atoms with Crippen molar-refractivity contribution in [2.75, 3.05) is 18.4 Å². The molecule has 82 valence electrons. The van der Waals surface area contributed by atoms with Gasteiger partial charge in [-0.2, -0.15) is 4.98 Å². The number of hydrogen-bond acceptors (Lipinski definition) is 5. The highest BCUT2D eigenvalue weighted by Crippen LogP contribution is 2.00. The van der Waals surface area contributed by atoms with Gasteiger partial charge in [0.1, 0.15) is 6.33 Å². The maximum Gasteiger partial charge on any atom is 0.227 e. The van der Waals surface area contributed by atoms with Gasteiger partial charge in [-0.25, -0.2) is 9.97 Å². The molecule has 0 saturated heterocycles. The normalized spacial score (nSPS) is 8.40. The van der Waals surface area contributed by atoms with E-state index in [0.29, 0.717) is 12.5 Å². The molecule has 1 aromatic heterocycles. The summed E-state index contributed by atoms with van der Waals surface area (Å²) in [6.07, 6.45) is 7.41. The van der Waals surface area contributed by atoms with Gasteiger partial charge in [-0.05, 0) is 24.6 Å². The molecule has 0 amide bonds. The van der Waals surface area contributed by atoms with Crippen LogP contribution in [0.3, 0.4) is 0 Å². The van der Waals surface area contributed by atoms with Gasteiger partial charge in [0, 0.05) is 0 Å². The van der Waals surface area contributed by atoms with Gasteiger partial charge in [0.05, 0.1) is 6.54 Å². The molecule has 0 spiro atoms. The summed E-state index contributed by atoms with van der Waals surface area (Å²) in [5, 5.41) is 2.90. The Morgan fingerprint density at radius 2 is 2.27 bits per heavy atom. The van der Waals surface area contributed by atoms with Gasteiger partial charge >= 0.3 is 0 Å². The highest BCUT2D eigenvalue weighted by Gasteiger charge is 1.94. The second-order valence-electron chi connectivity index (χ2n) is 2.42. The predicted octanol–water partition coefficient (Wildman–Crippen LogP) is 0.925. The van der Waals surface area contributed by atoms with Crippen molar-refractivity contribution in [2.24, 2.45) is 5.73 Å². The SMILES string of the molecule is C#CCNc1ncnc(Cl)n1.CCCN. The standard InChI is InChI=1S/C6H5ClN4.C3H9N/c1-2-3-8-6-10-4-9-5(7)11-6;1-2-3-4/h1,4H,3H2,(H,8,9,10,11);2-4H2,1H3. The first kappa shape index (κ1) is 13.6. The molecule has 15 heavy (non-hydrogen) atoms. The van der Waals surface area contributed by atoms with Gasteiger partial charge in [0.15, 0.2) is 0 Å². The Labute approximate surface area is 94.5 Å². The summed E-state index contributed by atoms with van der Waals surface area (Å²) < 4.78 is 0. The predicted molar refractivity (Wildman–Crippen MR) is 61.5 cm³/mol. The largest absolute Gasteiger partial charge is 0.343 e. The molecule has 0 atom stereocenters. The summed E-state index contributed by atoms with van der Waals surface area (Å²) in [4.78, 5) is 11.1. The summed E-state index contributed by atoms with van der Waals surface area (Å²) in [5.74, 6) is 2.77. The van der Waals surface area contributed by atoms with E-state index in [-0.39, 0.29) is 5.28 Å². The second-order valence-corrected chi connectivity index (χ2v) is 2.76. The lowest BCUT2D eigenvalue weighted by atomic mass is 10.5. The first-order valence-electron chi connectivity index (χ1n) is 4.46. The van der Waals surface area contributed by atoms with Crippen LogP contribution in [0.4, 0.5) is 5.95 Å². The molecule has 0 saturated carbocycles. The molecular formula is C9H14ClN5. The highest BCUT2D eigenvalue weighted by molar-refractivity contribution is 6.28. The van der Waals surface area contributed by atoms with Crippen LogP contribution in [0.15, 0.2) is 6.33 Å². The molecule has 0 fully saturated rings. The fourth-order valence-corrected chi connectivity index (χ4v) is 0.615. The fraction of sp³-hybridized carbons (Fsp3) is 0.444. The van der Waals surface area contributed by atoms with E-state index in [2.05, 4.69) is 33.1 Å². The lowest BCUT2D eigenvalue weighted by Crippen LogP contribution is -2.03. The smallest absolute Gasteiger partial charge is 0.227 e. The molecule has 3 N–H and O–H groups in total. The number of halogens is 1. The summed E-state index contributed by atoms with van der Waals surface area (Å²) in [6.45, 7) is 3.25. The molecule has 0 aliphatic heterocycles. The van der Waals surface area contributed by atoms with Crippen LogP contribution in [0.5, 0.6) is 0 Å². The molecule has 1 heterocycles. The Hall–Kier alpha value is -1.38. The van der Waals surface area contributed by atoms with E-state index in [1.807, 2.05) is 0 Å². The summed E-state index contributed by atoms with van der Waals surface area (Å²) >= 11 is 5.47. The molecule has 1 rings (SSSR count). The second kappa shape index (κ2) is 9.19. The van der Waals surface area contributed by atoms with Crippen molar-refractivity contribution >= 4 is 17.5 Å². The van der Waals surface area contributed by atoms with Crippen LogP contribution in [0.25, 0.3) is 0 Å². The Bertz CT molecular complexity index is 308. The first-order chi connectivity index (χ1) is 7.24. The lowest BCUT2D eigenvalue weighted by Gasteiger charge is -1.97. The van der Waals surface area contributed by atoms with E-state index in [1.165, 1.54) is 6.33 Å². The van der Waals surface area contributed by atoms with E-state index < -0.39 is 0 Å². The molecule has 0 aromatic carbocycles. The van der Waals surface area contributed by atoms with Gasteiger partial charge in [0.2, 0.25) is 11.2 Å². The molecular weight excluding hydrogens is 214 g/mol. The van der Waals surface area contributed by atoms with Crippen LogP contribution in [0.1, 0.15) is 13.3 Å². The van der Waals surface area contributed by atoms with E-state index in [9.17, 15) is 0 Å². The summed E-state index contributed by atoms with van der Waals surface area (Å²) in [6, 6.07) is 0. The maximum atomic E-state index is 5.47. The molecule has 0 unspecified atom stereocenters. The first-order valence-corrected chi connectivity index (χ1v) is 4.84. The number of aromatic nitrogens is 3. The minimum absolute atomic E-state index is 0.152. The van der Waals surface area contributed by atoms with Gasteiger partial charge in [-0.15, -0.1) is 6.42 Å². The number of rotatable bonds is 3. The Balaban J connectivity index is 0.000000423. The van der Waals surface area contributed by atoms with Crippen LogP contribution < -0.4 is 11.1 Å². The van der Waals surface area contributed by atoms with E-state index in [4.69, 9.17) is 23.8 Å². The van der Waals surface area contributed by atoms with Gasteiger partial charge in [0.25, 0.3) is 0 Å². The highest BCUT2D eigenvalue weighted by atomic mass is 35.5. The maximum absolute atomic E-state index is 5.47. The third-order valence-electron chi connectivity index (χ3n) is 1.18. The molecule has 1 aromatic rings. The molecule has 0 radical (unpaired) electrons. The van der Waals surface area contributed by atoms with Crippen molar-refractivity contribution in [3.8, 4) is 12.3 Å². The zero-order valence-electron chi connectivity index (χ0n) is 8.57. The van der Waals surface area contributed by atoms with Crippen LogP contribution in [-0.2, 0) is 0 Å². The zero-order valence-corrected chi connectivity index (χ0v) is 9.33. The average molecular weight is 228 g/mol. The molecule has 0 aliphatic rings. The van der Waals surface area contributed by atoms with Crippen molar-refractivity contribution in [3.05, 3.63) is 11.6 Å². The number of nitrogens with two attached hydrogens (primary N) is 1. The van der Waals surface area contributed by atoms with Crippen LogP contribution in [0.2, 0.25) is 5.28 Å². The quantitative estimate of drug-likeness (QED) is 0.752. The van der Waals surface area contributed by atoms with Crippen LogP contribution >= 0.6 is 11.6 Å². The summed E-state index contributed by atoms with van der Waals surface area (Å²) in [5.41, 5.74) is 5.03. The molecule has 0 aliphatic carbocycles. The van der Waals surface area contributed by atoms with E-state index in [0.717, 1.165) is 13.0 Å². The van der Waals surface area contributed by atoms with Gasteiger partial charge in [-0.3, -0.25) is 0 Å². The van der Waals surface area contributed by atoms with Crippen molar-refractivity contribution in [1.82, 2.24) is 15.0 Å². The van der Waals surface area contributed by atoms with Crippen molar-refractivity contribution in [2.45, 2.75) is 13.3 Å². The fourth-order valence-electron chi connectivity index (χ4n) is 0.492. The number of nitrogens with one attached hydrogen (secondary N) is 1. The number of anilines is 1. The van der Waals surface area contributed by atoms with Crippen molar-refractivity contribution in [1.29, 1.82) is 0 Å². The van der Waals surface area contributed by atoms with Gasteiger partial charge in [-0.1, -0.05) is 12.8 Å². The minimum atomic E-state index is 0.152. The topological polar surface area (TPSA) is 76.7 Å². The van der Waals surface area contributed by atoms with Crippen molar-refractivity contribution in [3.63, 3.8) is 0 Å². The van der Waals surface area contributed by atoms with Crippen LogP contribution in [0, 0.1) is 12.3 Å². The summed E-state index contributed by atoms with van der Waals surface area (Å²) in [7, 11) is 0. The van der Waals surface area contributed by atoms with Crippen molar-refractivity contribution < 1.29 is 0 Å². The Morgan fingerprint density at radius 1 is 1.60 bits per heavy atom. The molecule has 0 bridgehead atoms. The lowest BCUT2D eigenvalue weighted by molar-refractivity contribution is 0.932. The zero-order chi connectivity index (χ0) is 11.5. The molecule has 6 heteroatoms. The van der Waals surface area contributed by atoms with E-state index >= 15 is 0 Å². The average Bonchev–Trinajstić information content (AvgIpc) is 2.27. The molecule has 5 nitrogen and oxygen atoms in total. The van der Waals surface area contributed by atoms with E-state index in [1.54, 1.807) is 0 Å². The van der Waals surface area contributed by atoms with Crippen LogP contribution in [-0.4, -0.2) is 28.0 Å². The number of nitrogens with zero attached hydrogens (tertiary/aromatic N) is 3. The third-order valence-corrected chi connectivity index (χ3v) is 1.36. The third kappa shape index (κ3) is 7.67. The number of hydrogen-bond donors (Lipinski definition) is 2. The minimum Gasteiger partial charge on any atom is -0.343 e. The monoisotopic (exact) mass is 227 g/mol.